The quantitative estimate of drug-likeness (QED) is 0.940. The second kappa shape index (κ2) is 6.74. The van der Waals surface area contributed by atoms with Gasteiger partial charge in [-0.05, 0) is 48.9 Å². The predicted molar refractivity (Wildman–Crippen MR) is 96.8 cm³/mol. The van der Waals surface area contributed by atoms with E-state index in [-0.39, 0.29) is 11.8 Å². The van der Waals surface area contributed by atoms with Gasteiger partial charge in [-0.2, -0.15) is 0 Å². The van der Waals surface area contributed by atoms with E-state index in [0.717, 1.165) is 24.3 Å². The number of amides is 2. The zero-order valence-corrected chi connectivity index (χ0v) is 14.0. The molecule has 2 aromatic rings. The van der Waals surface area contributed by atoms with Crippen LogP contribution in [0.15, 0.2) is 48.5 Å². The lowest BCUT2D eigenvalue weighted by Crippen LogP contribution is -2.23. The summed E-state index contributed by atoms with van der Waals surface area (Å²) in [6.07, 6.45) is 1.47. The summed E-state index contributed by atoms with van der Waals surface area (Å²) < 4.78 is 0. The van der Waals surface area contributed by atoms with Gasteiger partial charge in [-0.3, -0.25) is 9.59 Å². The second-order valence-corrected chi connectivity index (χ2v) is 6.09. The number of carbonyl (C=O) groups excluding carboxylic acids is 2. The van der Waals surface area contributed by atoms with Crippen molar-refractivity contribution in [2.75, 3.05) is 35.8 Å². The van der Waals surface area contributed by atoms with Crippen molar-refractivity contribution in [3.8, 4) is 0 Å². The molecule has 24 heavy (non-hydrogen) atoms. The van der Waals surface area contributed by atoms with Crippen molar-refractivity contribution < 1.29 is 9.59 Å². The fraction of sp³-hybridized carbons (Fsp3) is 0.263. The van der Waals surface area contributed by atoms with E-state index in [1.165, 1.54) is 0 Å². The Morgan fingerprint density at radius 2 is 1.88 bits per heavy atom. The summed E-state index contributed by atoms with van der Waals surface area (Å²) >= 11 is 0. The van der Waals surface area contributed by atoms with Gasteiger partial charge in [-0.1, -0.05) is 6.07 Å². The first kappa shape index (κ1) is 16.1. The summed E-state index contributed by atoms with van der Waals surface area (Å²) in [5, 5.41) is 2.90. The van der Waals surface area contributed by atoms with E-state index < -0.39 is 0 Å². The van der Waals surface area contributed by atoms with E-state index in [9.17, 15) is 9.59 Å². The summed E-state index contributed by atoms with van der Waals surface area (Å²) in [6, 6.07) is 14.8. The number of nitrogens with zero attached hydrogens (tertiary/aromatic N) is 2. The lowest BCUT2D eigenvalue weighted by Gasteiger charge is -2.17. The highest BCUT2D eigenvalue weighted by atomic mass is 16.2. The Labute approximate surface area is 141 Å². The van der Waals surface area contributed by atoms with E-state index in [4.69, 9.17) is 0 Å². The van der Waals surface area contributed by atoms with Crippen molar-refractivity contribution in [2.45, 2.75) is 12.8 Å². The Hall–Kier alpha value is -2.82. The van der Waals surface area contributed by atoms with Crippen LogP contribution < -0.4 is 15.1 Å². The molecule has 1 heterocycles. The first-order chi connectivity index (χ1) is 11.5. The molecule has 1 fully saturated rings. The van der Waals surface area contributed by atoms with Crippen molar-refractivity contribution in [2.24, 2.45) is 0 Å². The van der Waals surface area contributed by atoms with Crippen LogP contribution in [0, 0.1) is 0 Å². The molecule has 0 saturated carbocycles. The molecule has 0 bridgehead atoms. The largest absolute Gasteiger partial charge is 0.378 e. The Bertz CT molecular complexity index is 753. The molecule has 0 atom stereocenters. The zero-order valence-electron chi connectivity index (χ0n) is 14.0. The van der Waals surface area contributed by atoms with E-state index in [1.807, 2.05) is 55.4 Å². The van der Waals surface area contributed by atoms with Crippen molar-refractivity contribution in [3.63, 3.8) is 0 Å². The van der Waals surface area contributed by atoms with Gasteiger partial charge in [0.15, 0.2) is 0 Å². The van der Waals surface area contributed by atoms with Crippen LogP contribution in [0.25, 0.3) is 0 Å². The Morgan fingerprint density at radius 3 is 2.50 bits per heavy atom. The zero-order chi connectivity index (χ0) is 17.1. The number of rotatable bonds is 4. The summed E-state index contributed by atoms with van der Waals surface area (Å²) in [7, 11) is 3.92. The minimum absolute atomic E-state index is 0.137. The Balaban J connectivity index is 1.73. The van der Waals surface area contributed by atoms with Gasteiger partial charge in [0.25, 0.3) is 5.91 Å². The van der Waals surface area contributed by atoms with Crippen molar-refractivity contribution in [1.29, 1.82) is 0 Å². The van der Waals surface area contributed by atoms with Crippen molar-refractivity contribution >= 4 is 28.9 Å². The lowest BCUT2D eigenvalue weighted by molar-refractivity contribution is -0.117. The predicted octanol–water partition coefficient (Wildman–Crippen LogP) is 3.13. The topological polar surface area (TPSA) is 52.7 Å². The maximum absolute atomic E-state index is 12.4. The average molecular weight is 323 g/mol. The molecule has 5 nitrogen and oxygen atoms in total. The molecule has 1 saturated heterocycles. The first-order valence-electron chi connectivity index (χ1n) is 8.04. The molecule has 0 aromatic heterocycles. The molecule has 2 aromatic carbocycles. The number of nitrogens with one attached hydrogen (secondary N) is 1. The van der Waals surface area contributed by atoms with Gasteiger partial charge in [-0.15, -0.1) is 0 Å². The van der Waals surface area contributed by atoms with E-state index in [0.29, 0.717) is 17.7 Å². The molecule has 0 aliphatic carbocycles. The van der Waals surface area contributed by atoms with Gasteiger partial charge in [0, 0.05) is 49.7 Å². The third-order valence-corrected chi connectivity index (χ3v) is 4.14. The van der Waals surface area contributed by atoms with E-state index in [1.54, 1.807) is 17.0 Å². The Kier molecular flexibility index (Phi) is 4.51. The third-order valence-electron chi connectivity index (χ3n) is 4.14. The highest BCUT2D eigenvalue weighted by Gasteiger charge is 2.21. The maximum atomic E-state index is 12.4. The van der Waals surface area contributed by atoms with Crippen LogP contribution >= 0.6 is 0 Å². The average Bonchev–Trinajstić information content (AvgIpc) is 3.01. The minimum atomic E-state index is -0.162. The number of benzene rings is 2. The molecule has 1 N–H and O–H groups in total. The SMILES string of the molecule is CN(C)c1ccc(C(=O)Nc2cccc(N3CCCC3=O)c2)cc1. The van der Waals surface area contributed by atoms with Crippen LogP contribution in [-0.2, 0) is 4.79 Å². The minimum Gasteiger partial charge on any atom is -0.378 e. The molecule has 2 amide bonds. The molecule has 0 unspecified atom stereocenters. The molecule has 5 heteroatoms. The van der Waals surface area contributed by atoms with Crippen LogP contribution in [0.3, 0.4) is 0 Å². The number of hydrogen-bond donors (Lipinski definition) is 1. The van der Waals surface area contributed by atoms with Crippen molar-refractivity contribution in [3.05, 3.63) is 54.1 Å². The summed E-state index contributed by atoms with van der Waals surface area (Å²) in [5.41, 5.74) is 3.16. The van der Waals surface area contributed by atoms with Gasteiger partial charge in [0.2, 0.25) is 5.91 Å². The van der Waals surface area contributed by atoms with Gasteiger partial charge in [-0.25, -0.2) is 0 Å². The molecule has 3 rings (SSSR count). The molecular weight excluding hydrogens is 302 g/mol. The Morgan fingerprint density at radius 1 is 1.12 bits per heavy atom. The van der Waals surface area contributed by atoms with Crippen molar-refractivity contribution in [1.82, 2.24) is 0 Å². The van der Waals surface area contributed by atoms with Crippen LogP contribution in [-0.4, -0.2) is 32.5 Å². The summed E-state index contributed by atoms with van der Waals surface area (Å²) in [6.45, 7) is 0.738. The standard InChI is InChI=1S/C19H21N3O2/c1-21(2)16-10-8-14(9-11-16)19(24)20-15-5-3-6-17(13-15)22-12-4-7-18(22)23/h3,5-6,8-11,13H,4,7,12H2,1-2H3,(H,20,24). The van der Waals surface area contributed by atoms with Crippen LogP contribution in [0.4, 0.5) is 17.1 Å². The van der Waals surface area contributed by atoms with Gasteiger partial charge < -0.3 is 15.1 Å². The summed E-state index contributed by atoms with van der Waals surface area (Å²) in [4.78, 5) is 28.0. The van der Waals surface area contributed by atoms with E-state index >= 15 is 0 Å². The molecule has 124 valence electrons. The summed E-state index contributed by atoms with van der Waals surface area (Å²) in [5.74, 6) is -0.0250. The van der Waals surface area contributed by atoms with Crippen LogP contribution in [0.5, 0.6) is 0 Å². The number of carbonyl (C=O) groups is 2. The highest BCUT2D eigenvalue weighted by Crippen LogP contribution is 2.24. The normalized spacial score (nSPS) is 13.9. The van der Waals surface area contributed by atoms with E-state index in [2.05, 4.69) is 5.32 Å². The van der Waals surface area contributed by atoms with Gasteiger partial charge in [0.1, 0.15) is 0 Å². The molecule has 0 radical (unpaired) electrons. The second-order valence-electron chi connectivity index (χ2n) is 6.09. The number of anilines is 3. The van der Waals surface area contributed by atoms with Crippen LogP contribution in [0.2, 0.25) is 0 Å². The monoisotopic (exact) mass is 323 g/mol. The molecule has 1 aliphatic heterocycles. The molecule has 1 aliphatic rings. The maximum Gasteiger partial charge on any atom is 0.255 e. The first-order valence-corrected chi connectivity index (χ1v) is 8.04. The van der Waals surface area contributed by atoms with Gasteiger partial charge >= 0.3 is 0 Å². The fourth-order valence-electron chi connectivity index (χ4n) is 2.79. The highest BCUT2D eigenvalue weighted by molar-refractivity contribution is 6.05. The fourth-order valence-corrected chi connectivity index (χ4v) is 2.79. The molecular formula is C19H21N3O2. The van der Waals surface area contributed by atoms with Crippen LogP contribution in [0.1, 0.15) is 23.2 Å². The van der Waals surface area contributed by atoms with Gasteiger partial charge in [0.05, 0.1) is 0 Å². The lowest BCUT2D eigenvalue weighted by atomic mass is 10.1. The third kappa shape index (κ3) is 3.40. The molecule has 0 spiro atoms. The smallest absolute Gasteiger partial charge is 0.255 e. The number of hydrogen-bond acceptors (Lipinski definition) is 3.